The first-order chi connectivity index (χ1) is 11.6. The van der Waals surface area contributed by atoms with Gasteiger partial charge in [0.2, 0.25) is 0 Å². The van der Waals surface area contributed by atoms with Crippen LogP contribution in [0.25, 0.3) is 10.9 Å². The number of aromatic nitrogens is 1. The molecule has 2 amide bonds. The van der Waals surface area contributed by atoms with Gasteiger partial charge in [0.05, 0.1) is 5.52 Å². The molecule has 1 aliphatic heterocycles. The van der Waals surface area contributed by atoms with E-state index in [2.05, 4.69) is 15.6 Å². The molecule has 5 nitrogen and oxygen atoms in total. The maximum Gasteiger partial charge on any atom is 0.255 e. The van der Waals surface area contributed by atoms with E-state index in [1.165, 1.54) is 0 Å². The standard InChI is InChI=1S/C19H15N3O2/c1-11-5-6-12-9-13(7-8-16(12)21-11)18(23)22-17-4-2-3-14-15(17)10-20-19(14)24/h2-9H,10H2,1H3,(H,20,24)(H,22,23). The second-order valence-electron chi connectivity index (χ2n) is 5.83. The fourth-order valence-corrected chi connectivity index (χ4v) is 2.93. The van der Waals surface area contributed by atoms with Crippen LogP contribution in [0.5, 0.6) is 0 Å². The monoisotopic (exact) mass is 317 g/mol. The highest BCUT2D eigenvalue weighted by Gasteiger charge is 2.22. The molecule has 0 bridgehead atoms. The molecule has 4 rings (SSSR count). The second-order valence-corrected chi connectivity index (χ2v) is 5.83. The highest BCUT2D eigenvalue weighted by molar-refractivity contribution is 6.08. The lowest BCUT2D eigenvalue weighted by molar-refractivity contribution is 0.0964. The third kappa shape index (κ3) is 2.40. The number of nitrogens with one attached hydrogen (secondary N) is 2. The summed E-state index contributed by atoms with van der Waals surface area (Å²) in [6.45, 7) is 2.37. The molecule has 24 heavy (non-hydrogen) atoms. The van der Waals surface area contributed by atoms with Crippen LogP contribution in [-0.2, 0) is 6.54 Å². The molecule has 0 radical (unpaired) electrons. The summed E-state index contributed by atoms with van der Waals surface area (Å²) in [5, 5.41) is 6.59. The zero-order valence-corrected chi connectivity index (χ0v) is 13.1. The Labute approximate surface area is 138 Å². The molecule has 0 aliphatic carbocycles. The summed E-state index contributed by atoms with van der Waals surface area (Å²) in [4.78, 5) is 28.7. The van der Waals surface area contributed by atoms with Gasteiger partial charge in [-0.2, -0.15) is 0 Å². The molecule has 1 aliphatic rings. The van der Waals surface area contributed by atoms with Gasteiger partial charge in [-0.3, -0.25) is 14.6 Å². The number of hydrogen-bond acceptors (Lipinski definition) is 3. The van der Waals surface area contributed by atoms with Gasteiger partial charge in [0.15, 0.2) is 0 Å². The van der Waals surface area contributed by atoms with Crippen LogP contribution in [0.2, 0.25) is 0 Å². The van der Waals surface area contributed by atoms with Crippen molar-refractivity contribution >= 4 is 28.4 Å². The van der Waals surface area contributed by atoms with Crippen LogP contribution in [0.1, 0.15) is 32.0 Å². The lowest BCUT2D eigenvalue weighted by atomic mass is 10.1. The fraction of sp³-hybridized carbons (Fsp3) is 0.105. The van der Waals surface area contributed by atoms with Crippen molar-refractivity contribution in [2.45, 2.75) is 13.5 Å². The van der Waals surface area contributed by atoms with Crippen LogP contribution in [0.4, 0.5) is 5.69 Å². The Morgan fingerprint density at radius 1 is 1.17 bits per heavy atom. The van der Waals surface area contributed by atoms with Crippen molar-refractivity contribution in [3.8, 4) is 0 Å². The average molecular weight is 317 g/mol. The van der Waals surface area contributed by atoms with Gasteiger partial charge < -0.3 is 10.6 Å². The topological polar surface area (TPSA) is 71.1 Å². The number of amides is 2. The van der Waals surface area contributed by atoms with Crippen molar-refractivity contribution in [1.29, 1.82) is 0 Å². The summed E-state index contributed by atoms with van der Waals surface area (Å²) >= 11 is 0. The molecule has 118 valence electrons. The van der Waals surface area contributed by atoms with E-state index in [1.807, 2.05) is 37.3 Å². The molecule has 0 saturated heterocycles. The zero-order valence-electron chi connectivity index (χ0n) is 13.1. The summed E-state index contributed by atoms with van der Waals surface area (Å²) in [6, 6.07) is 14.6. The van der Waals surface area contributed by atoms with Gasteiger partial charge in [0.1, 0.15) is 0 Å². The van der Waals surface area contributed by atoms with E-state index in [-0.39, 0.29) is 11.8 Å². The van der Waals surface area contributed by atoms with Crippen molar-refractivity contribution in [3.05, 3.63) is 70.9 Å². The van der Waals surface area contributed by atoms with Crippen molar-refractivity contribution in [2.24, 2.45) is 0 Å². The fourth-order valence-electron chi connectivity index (χ4n) is 2.93. The van der Waals surface area contributed by atoms with Crippen LogP contribution in [-0.4, -0.2) is 16.8 Å². The second kappa shape index (κ2) is 5.45. The molecule has 0 fully saturated rings. The van der Waals surface area contributed by atoms with E-state index >= 15 is 0 Å². The van der Waals surface area contributed by atoms with Crippen LogP contribution in [0, 0.1) is 6.92 Å². The average Bonchev–Trinajstić information content (AvgIpc) is 2.97. The number of carbonyl (C=O) groups excluding carboxylic acids is 2. The van der Waals surface area contributed by atoms with Gasteiger partial charge in [-0.15, -0.1) is 0 Å². The first-order valence-corrected chi connectivity index (χ1v) is 7.71. The molecule has 0 spiro atoms. The van der Waals surface area contributed by atoms with Gasteiger partial charge in [-0.1, -0.05) is 12.1 Å². The summed E-state index contributed by atoms with van der Waals surface area (Å²) in [7, 11) is 0. The van der Waals surface area contributed by atoms with E-state index in [4.69, 9.17) is 0 Å². The van der Waals surface area contributed by atoms with Crippen molar-refractivity contribution in [1.82, 2.24) is 10.3 Å². The number of carbonyl (C=O) groups is 2. The number of hydrogen-bond donors (Lipinski definition) is 2. The number of nitrogens with zero attached hydrogens (tertiary/aromatic N) is 1. The van der Waals surface area contributed by atoms with Crippen LogP contribution < -0.4 is 10.6 Å². The van der Waals surface area contributed by atoms with Crippen molar-refractivity contribution < 1.29 is 9.59 Å². The minimum absolute atomic E-state index is 0.103. The maximum atomic E-state index is 12.6. The van der Waals surface area contributed by atoms with E-state index in [0.29, 0.717) is 23.4 Å². The first-order valence-electron chi connectivity index (χ1n) is 7.71. The Balaban J connectivity index is 1.66. The molecular weight excluding hydrogens is 302 g/mol. The van der Waals surface area contributed by atoms with Gasteiger partial charge >= 0.3 is 0 Å². The van der Waals surface area contributed by atoms with Crippen LogP contribution in [0.3, 0.4) is 0 Å². The van der Waals surface area contributed by atoms with Gasteiger partial charge in [-0.05, 0) is 43.3 Å². The molecule has 2 aromatic carbocycles. The van der Waals surface area contributed by atoms with Gasteiger partial charge in [-0.25, -0.2) is 0 Å². The highest BCUT2D eigenvalue weighted by atomic mass is 16.2. The van der Waals surface area contributed by atoms with Crippen molar-refractivity contribution in [2.75, 3.05) is 5.32 Å². The molecule has 1 aromatic heterocycles. The lowest BCUT2D eigenvalue weighted by Gasteiger charge is -2.09. The van der Waals surface area contributed by atoms with Crippen LogP contribution in [0.15, 0.2) is 48.5 Å². The van der Waals surface area contributed by atoms with E-state index in [9.17, 15) is 9.59 Å². The van der Waals surface area contributed by atoms with Gasteiger partial charge in [0.25, 0.3) is 11.8 Å². The zero-order chi connectivity index (χ0) is 16.7. The van der Waals surface area contributed by atoms with Gasteiger partial charge in [0, 0.05) is 40.0 Å². The Morgan fingerprint density at radius 3 is 2.92 bits per heavy atom. The van der Waals surface area contributed by atoms with Crippen LogP contribution >= 0.6 is 0 Å². The number of anilines is 1. The SMILES string of the molecule is Cc1ccc2cc(C(=O)Nc3cccc4c3CNC4=O)ccc2n1. The Bertz CT molecular complexity index is 995. The smallest absolute Gasteiger partial charge is 0.255 e. The Hall–Kier alpha value is -3.21. The summed E-state index contributed by atoms with van der Waals surface area (Å²) in [5.74, 6) is -0.307. The minimum atomic E-state index is -0.203. The predicted molar refractivity (Wildman–Crippen MR) is 92.0 cm³/mol. The summed E-state index contributed by atoms with van der Waals surface area (Å²) in [5.41, 5.74) is 4.47. The quantitative estimate of drug-likeness (QED) is 0.763. The summed E-state index contributed by atoms with van der Waals surface area (Å²) < 4.78 is 0. The number of rotatable bonds is 2. The van der Waals surface area contributed by atoms with E-state index in [0.717, 1.165) is 22.2 Å². The third-order valence-corrected chi connectivity index (χ3v) is 4.19. The predicted octanol–water partition coefficient (Wildman–Crippen LogP) is 3.04. The van der Waals surface area contributed by atoms with E-state index in [1.54, 1.807) is 18.2 Å². The number of pyridine rings is 1. The maximum absolute atomic E-state index is 12.6. The minimum Gasteiger partial charge on any atom is -0.348 e. The number of benzene rings is 2. The molecule has 5 heteroatoms. The molecule has 3 aromatic rings. The molecule has 0 unspecified atom stereocenters. The normalized spacial score (nSPS) is 12.8. The van der Waals surface area contributed by atoms with E-state index < -0.39 is 0 Å². The molecular formula is C19H15N3O2. The Kier molecular flexibility index (Phi) is 3.27. The molecule has 0 atom stereocenters. The number of fused-ring (bicyclic) bond motifs is 2. The third-order valence-electron chi connectivity index (χ3n) is 4.19. The number of aryl methyl sites for hydroxylation is 1. The lowest BCUT2D eigenvalue weighted by Crippen LogP contribution is -2.13. The highest BCUT2D eigenvalue weighted by Crippen LogP contribution is 2.25. The largest absolute Gasteiger partial charge is 0.348 e. The van der Waals surface area contributed by atoms with Crippen molar-refractivity contribution in [3.63, 3.8) is 0 Å². The summed E-state index contributed by atoms with van der Waals surface area (Å²) in [6.07, 6.45) is 0. The first kappa shape index (κ1) is 14.4. The molecule has 0 saturated carbocycles. The molecule has 2 N–H and O–H groups in total. The molecule has 2 heterocycles. The Morgan fingerprint density at radius 2 is 2.04 bits per heavy atom.